The molecule has 1 aliphatic rings. The van der Waals surface area contributed by atoms with Gasteiger partial charge in [-0.25, -0.2) is 4.79 Å². The standard InChI is InChI=1S/C16H28N2O2/c1-5-6-7-11-17-14-9-8-12-18(13-10-14)15(19)20-16(2,3)4/h14,17H,7-13H2,1-4H3. The Bertz CT molecular complexity index is 363. The van der Waals surface area contributed by atoms with Gasteiger partial charge in [0.1, 0.15) is 5.60 Å². The lowest BCUT2D eigenvalue weighted by atomic mass is 10.1. The van der Waals surface area contributed by atoms with Crippen molar-refractivity contribution in [3.05, 3.63) is 0 Å². The molecule has 0 saturated carbocycles. The Morgan fingerprint density at radius 1 is 1.35 bits per heavy atom. The van der Waals surface area contributed by atoms with E-state index in [0.717, 1.165) is 45.3 Å². The van der Waals surface area contributed by atoms with E-state index in [2.05, 4.69) is 17.2 Å². The molecular weight excluding hydrogens is 252 g/mol. The van der Waals surface area contributed by atoms with Gasteiger partial charge in [-0.1, -0.05) is 0 Å². The number of ether oxygens (including phenoxy) is 1. The molecule has 0 spiro atoms. The van der Waals surface area contributed by atoms with Crippen LogP contribution < -0.4 is 5.32 Å². The van der Waals surface area contributed by atoms with Crippen LogP contribution in [0.2, 0.25) is 0 Å². The number of nitrogens with one attached hydrogen (secondary N) is 1. The number of carbonyl (C=O) groups is 1. The first-order chi connectivity index (χ1) is 9.42. The van der Waals surface area contributed by atoms with Gasteiger partial charge >= 0.3 is 6.09 Å². The van der Waals surface area contributed by atoms with Crippen LogP contribution in [-0.4, -0.2) is 42.3 Å². The Labute approximate surface area is 123 Å². The zero-order valence-corrected chi connectivity index (χ0v) is 13.3. The number of carbonyl (C=O) groups excluding carboxylic acids is 1. The van der Waals surface area contributed by atoms with Gasteiger partial charge in [-0.3, -0.25) is 0 Å². The summed E-state index contributed by atoms with van der Waals surface area (Å²) in [5.41, 5.74) is -0.417. The molecule has 1 saturated heterocycles. The van der Waals surface area contributed by atoms with Gasteiger partial charge in [-0.2, -0.15) is 0 Å². The van der Waals surface area contributed by atoms with Crippen LogP contribution in [0, 0.1) is 11.8 Å². The van der Waals surface area contributed by atoms with E-state index in [9.17, 15) is 4.79 Å². The molecule has 1 aliphatic heterocycles. The average Bonchev–Trinajstić information content (AvgIpc) is 2.58. The van der Waals surface area contributed by atoms with E-state index in [-0.39, 0.29) is 6.09 Å². The number of nitrogens with zero attached hydrogens (tertiary/aromatic N) is 1. The van der Waals surface area contributed by atoms with E-state index < -0.39 is 5.60 Å². The van der Waals surface area contributed by atoms with Gasteiger partial charge in [-0.15, -0.1) is 11.8 Å². The highest BCUT2D eigenvalue weighted by Crippen LogP contribution is 2.15. The third-order valence-corrected chi connectivity index (χ3v) is 3.24. The van der Waals surface area contributed by atoms with Gasteiger partial charge in [0.15, 0.2) is 0 Å². The maximum Gasteiger partial charge on any atom is 0.410 e. The highest BCUT2D eigenvalue weighted by atomic mass is 16.6. The molecule has 0 aromatic carbocycles. The third-order valence-electron chi connectivity index (χ3n) is 3.24. The van der Waals surface area contributed by atoms with Crippen LogP contribution in [0.3, 0.4) is 0 Å². The second-order valence-electron chi connectivity index (χ2n) is 6.23. The Hall–Kier alpha value is -1.21. The lowest BCUT2D eigenvalue weighted by Gasteiger charge is -2.26. The molecule has 114 valence electrons. The van der Waals surface area contributed by atoms with Crippen LogP contribution in [0.15, 0.2) is 0 Å². The summed E-state index contributed by atoms with van der Waals surface area (Å²) >= 11 is 0. The van der Waals surface area contributed by atoms with Crippen molar-refractivity contribution in [1.82, 2.24) is 10.2 Å². The first-order valence-electron chi connectivity index (χ1n) is 7.53. The van der Waals surface area contributed by atoms with Crippen LogP contribution in [0.1, 0.15) is 53.4 Å². The van der Waals surface area contributed by atoms with Crippen molar-refractivity contribution >= 4 is 6.09 Å². The predicted molar refractivity (Wildman–Crippen MR) is 81.5 cm³/mol. The first-order valence-corrected chi connectivity index (χ1v) is 7.53. The lowest BCUT2D eigenvalue weighted by molar-refractivity contribution is 0.0256. The Morgan fingerprint density at radius 2 is 2.10 bits per heavy atom. The number of rotatable bonds is 3. The van der Waals surface area contributed by atoms with Gasteiger partial charge in [-0.05, 0) is 47.0 Å². The van der Waals surface area contributed by atoms with E-state index in [1.807, 2.05) is 32.6 Å². The van der Waals surface area contributed by atoms with Crippen LogP contribution in [0.25, 0.3) is 0 Å². The fourth-order valence-corrected chi connectivity index (χ4v) is 2.27. The molecule has 20 heavy (non-hydrogen) atoms. The number of hydrogen-bond donors (Lipinski definition) is 1. The van der Waals surface area contributed by atoms with Crippen molar-refractivity contribution in [3.63, 3.8) is 0 Å². The fraction of sp³-hybridized carbons (Fsp3) is 0.812. The van der Waals surface area contributed by atoms with Crippen LogP contribution >= 0.6 is 0 Å². The molecule has 4 heteroatoms. The number of amides is 1. The Kier molecular flexibility index (Phi) is 6.87. The maximum atomic E-state index is 12.0. The molecule has 4 nitrogen and oxygen atoms in total. The van der Waals surface area contributed by atoms with E-state index in [1.165, 1.54) is 0 Å². The Balaban J connectivity index is 2.34. The van der Waals surface area contributed by atoms with Crippen molar-refractivity contribution in [1.29, 1.82) is 0 Å². The van der Waals surface area contributed by atoms with Gasteiger partial charge in [0, 0.05) is 32.1 Å². The summed E-state index contributed by atoms with van der Waals surface area (Å²) in [7, 11) is 0. The van der Waals surface area contributed by atoms with Crippen molar-refractivity contribution in [2.75, 3.05) is 19.6 Å². The van der Waals surface area contributed by atoms with Gasteiger partial charge in [0.2, 0.25) is 0 Å². The maximum absolute atomic E-state index is 12.0. The highest BCUT2D eigenvalue weighted by Gasteiger charge is 2.24. The SMILES string of the molecule is CC#CCCNC1CCCN(C(=O)OC(C)(C)C)CC1. The summed E-state index contributed by atoms with van der Waals surface area (Å²) in [4.78, 5) is 13.9. The summed E-state index contributed by atoms with van der Waals surface area (Å²) in [6.45, 7) is 10.1. The number of likely N-dealkylation sites (tertiary alicyclic amines) is 1. The van der Waals surface area contributed by atoms with Crippen LogP contribution in [0.4, 0.5) is 4.79 Å². The zero-order valence-electron chi connectivity index (χ0n) is 13.3. The molecule has 1 atom stereocenters. The molecule has 0 aromatic rings. The van der Waals surface area contributed by atoms with E-state index in [4.69, 9.17) is 4.74 Å². The minimum absolute atomic E-state index is 0.185. The Morgan fingerprint density at radius 3 is 2.75 bits per heavy atom. The van der Waals surface area contributed by atoms with E-state index in [0.29, 0.717) is 6.04 Å². The second kappa shape index (κ2) is 8.16. The van der Waals surface area contributed by atoms with Gasteiger partial charge in [0.25, 0.3) is 0 Å². The molecule has 0 bridgehead atoms. The van der Waals surface area contributed by atoms with Crippen molar-refractivity contribution in [2.45, 2.75) is 65.0 Å². The van der Waals surface area contributed by atoms with E-state index >= 15 is 0 Å². The summed E-state index contributed by atoms with van der Waals surface area (Å²) in [5.74, 6) is 5.96. The summed E-state index contributed by atoms with van der Waals surface area (Å²) < 4.78 is 5.43. The highest BCUT2D eigenvalue weighted by molar-refractivity contribution is 5.68. The summed E-state index contributed by atoms with van der Waals surface area (Å²) in [6.07, 6.45) is 3.83. The fourth-order valence-electron chi connectivity index (χ4n) is 2.27. The number of hydrogen-bond acceptors (Lipinski definition) is 3. The zero-order chi connectivity index (χ0) is 15.0. The third kappa shape index (κ3) is 6.81. The molecule has 1 fully saturated rings. The molecule has 1 rings (SSSR count). The molecule has 0 aromatic heterocycles. The molecule has 1 N–H and O–H groups in total. The summed E-state index contributed by atoms with van der Waals surface area (Å²) in [6, 6.07) is 0.487. The largest absolute Gasteiger partial charge is 0.444 e. The molecule has 1 amide bonds. The minimum Gasteiger partial charge on any atom is -0.444 e. The monoisotopic (exact) mass is 280 g/mol. The molecule has 1 unspecified atom stereocenters. The van der Waals surface area contributed by atoms with Crippen LogP contribution in [-0.2, 0) is 4.74 Å². The van der Waals surface area contributed by atoms with Gasteiger partial charge in [0.05, 0.1) is 0 Å². The molecule has 0 aliphatic carbocycles. The average molecular weight is 280 g/mol. The molecule has 1 heterocycles. The smallest absolute Gasteiger partial charge is 0.410 e. The van der Waals surface area contributed by atoms with Crippen molar-refractivity contribution < 1.29 is 9.53 Å². The molecular formula is C16H28N2O2. The van der Waals surface area contributed by atoms with Crippen LogP contribution in [0.5, 0.6) is 0 Å². The quantitative estimate of drug-likeness (QED) is 0.638. The normalized spacial score (nSPS) is 19.8. The predicted octanol–water partition coefficient (Wildman–Crippen LogP) is 2.78. The molecule has 0 radical (unpaired) electrons. The van der Waals surface area contributed by atoms with Crippen molar-refractivity contribution in [3.8, 4) is 11.8 Å². The summed E-state index contributed by atoms with van der Waals surface area (Å²) in [5, 5.41) is 3.52. The lowest BCUT2D eigenvalue weighted by Crippen LogP contribution is -2.38. The minimum atomic E-state index is -0.417. The van der Waals surface area contributed by atoms with Crippen molar-refractivity contribution in [2.24, 2.45) is 0 Å². The van der Waals surface area contributed by atoms with Gasteiger partial charge < -0.3 is 15.0 Å². The second-order valence-corrected chi connectivity index (χ2v) is 6.23. The topological polar surface area (TPSA) is 41.6 Å². The first kappa shape index (κ1) is 16.8. The van der Waals surface area contributed by atoms with E-state index in [1.54, 1.807) is 0 Å².